The maximum atomic E-state index is 12.9. The van der Waals surface area contributed by atoms with Crippen molar-refractivity contribution in [3.05, 3.63) is 59.5 Å². The molecule has 1 aliphatic heterocycles. The van der Waals surface area contributed by atoms with Crippen LogP contribution in [0.2, 0.25) is 0 Å². The summed E-state index contributed by atoms with van der Waals surface area (Å²) in [6.45, 7) is 2.93. The molecule has 0 radical (unpaired) electrons. The minimum absolute atomic E-state index is 0.0150. The van der Waals surface area contributed by atoms with Crippen molar-refractivity contribution in [2.24, 2.45) is 0 Å². The number of amides is 2. The predicted molar refractivity (Wildman–Crippen MR) is 91.5 cm³/mol. The van der Waals surface area contributed by atoms with Gasteiger partial charge in [-0.25, -0.2) is 0 Å². The molecule has 0 N–H and O–H groups in total. The number of aryl methyl sites for hydroxylation is 1. The first-order valence-corrected chi connectivity index (χ1v) is 8.25. The van der Waals surface area contributed by atoms with Crippen molar-refractivity contribution < 1.29 is 18.7 Å². The third kappa shape index (κ3) is 3.91. The van der Waals surface area contributed by atoms with Gasteiger partial charge in [-0.1, -0.05) is 30.3 Å². The number of carbonyl (C=O) groups excluding carboxylic acids is 2. The molecule has 1 unspecified atom stereocenters. The molecular weight excluding hydrogens is 320 g/mol. The Morgan fingerprint density at radius 1 is 1.28 bits per heavy atom. The zero-order valence-electron chi connectivity index (χ0n) is 14.5. The van der Waals surface area contributed by atoms with E-state index >= 15 is 0 Å². The predicted octanol–water partition coefficient (Wildman–Crippen LogP) is 1.97. The lowest BCUT2D eigenvalue weighted by Gasteiger charge is -2.36. The summed E-state index contributed by atoms with van der Waals surface area (Å²) in [6, 6.07) is 10.9. The summed E-state index contributed by atoms with van der Waals surface area (Å²) in [5.41, 5.74) is 1.94. The summed E-state index contributed by atoms with van der Waals surface area (Å²) in [5.74, 6) is 0.489. The molecule has 1 saturated heterocycles. The Bertz CT molecular complexity index is 741. The highest BCUT2D eigenvalue weighted by atomic mass is 16.5. The largest absolute Gasteiger partial charge is 0.469 e. The third-order valence-corrected chi connectivity index (χ3v) is 4.43. The monoisotopic (exact) mass is 342 g/mol. The molecule has 25 heavy (non-hydrogen) atoms. The highest BCUT2D eigenvalue weighted by molar-refractivity contribution is 5.89. The molecule has 0 saturated carbocycles. The number of morpholine rings is 1. The van der Waals surface area contributed by atoms with Crippen LogP contribution < -0.4 is 0 Å². The Labute approximate surface area is 147 Å². The number of benzene rings is 1. The van der Waals surface area contributed by atoms with Crippen LogP contribution in [-0.2, 0) is 27.4 Å². The van der Waals surface area contributed by atoms with Crippen molar-refractivity contribution in [1.29, 1.82) is 0 Å². The number of hydrogen-bond donors (Lipinski definition) is 0. The maximum Gasteiger partial charge on any atom is 0.249 e. The average Bonchev–Trinajstić information content (AvgIpc) is 3.02. The fourth-order valence-electron chi connectivity index (χ4n) is 2.95. The number of rotatable bonds is 5. The minimum Gasteiger partial charge on any atom is -0.469 e. The van der Waals surface area contributed by atoms with Crippen LogP contribution in [0, 0.1) is 6.92 Å². The lowest BCUT2D eigenvalue weighted by Crippen LogP contribution is -2.56. The van der Waals surface area contributed by atoms with Gasteiger partial charge >= 0.3 is 0 Å². The molecule has 0 spiro atoms. The Kier molecular flexibility index (Phi) is 5.19. The smallest absolute Gasteiger partial charge is 0.249 e. The van der Waals surface area contributed by atoms with Crippen LogP contribution in [0.3, 0.4) is 0 Å². The Balaban J connectivity index is 1.73. The van der Waals surface area contributed by atoms with E-state index in [1.807, 2.05) is 43.3 Å². The van der Waals surface area contributed by atoms with Crippen molar-refractivity contribution in [2.45, 2.75) is 26.1 Å². The van der Waals surface area contributed by atoms with Gasteiger partial charge in [-0.15, -0.1) is 0 Å². The molecule has 6 heteroatoms. The van der Waals surface area contributed by atoms with Gasteiger partial charge in [0.05, 0.1) is 12.9 Å². The second-order valence-electron chi connectivity index (χ2n) is 6.23. The molecule has 1 aromatic heterocycles. The molecule has 1 atom stereocenters. The van der Waals surface area contributed by atoms with Gasteiger partial charge in [-0.3, -0.25) is 9.59 Å². The van der Waals surface area contributed by atoms with Crippen LogP contribution in [0.5, 0.6) is 0 Å². The lowest BCUT2D eigenvalue weighted by atomic mass is 10.1. The van der Waals surface area contributed by atoms with Crippen molar-refractivity contribution >= 4 is 11.8 Å². The minimum atomic E-state index is -0.612. The number of hydrogen-bond acceptors (Lipinski definition) is 4. The third-order valence-electron chi connectivity index (χ3n) is 4.43. The van der Waals surface area contributed by atoms with Crippen LogP contribution in [-0.4, -0.2) is 47.9 Å². The van der Waals surface area contributed by atoms with Gasteiger partial charge in [0.1, 0.15) is 18.4 Å². The fraction of sp³-hybridized carbons (Fsp3) is 0.368. The van der Waals surface area contributed by atoms with Gasteiger partial charge in [-0.2, -0.15) is 0 Å². The maximum absolute atomic E-state index is 12.9. The highest BCUT2D eigenvalue weighted by Crippen LogP contribution is 2.17. The standard InChI is InChI=1S/C19H22N2O4/c1-14-16(8-9-25-14)11-20(2)19(23)17-12-24-13-18(22)21(17)10-15-6-4-3-5-7-15/h3-9,17H,10-13H2,1-2H3. The molecule has 0 aliphatic carbocycles. The lowest BCUT2D eigenvalue weighted by molar-refractivity contribution is -0.159. The Morgan fingerprint density at radius 3 is 2.72 bits per heavy atom. The van der Waals surface area contributed by atoms with Crippen LogP contribution in [0.4, 0.5) is 0 Å². The molecule has 1 aliphatic rings. The first kappa shape index (κ1) is 17.2. The SMILES string of the molecule is Cc1occc1CN(C)C(=O)C1COCC(=O)N1Cc1ccccc1. The van der Waals surface area contributed by atoms with Gasteiger partial charge < -0.3 is 19.0 Å². The van der Waals surface area contributed by atoms with E-state index < -0.39 is 6.04 Å². The summed E-state index contributed by atoms with van der Waals surface area (Å²) in [4.78, 5) is 28.5. The molecule has 2 amide bonds. The molecule has 0 bridgehead atoms. The number of furan rings is 1. The summed E-state index contributed by atoms with van der Waals surface area (Å²) >= 11 is 0. The van der Waals surface area contributed by atoms with Crippen molar-refractivity contribution in [1.82, 2.24) is 9.80 Å². The van der Waals surface area contributed by atoms with E-state index in [1.54, 1.807) is 23.1 Å². The van der Waals surface area contributed by atoms with Gasteiger partial charge in [0, 0.05) is 25.7 Å². The van der Waals surface area contributed by atoms with Crippen molar-refractivity contribution in [2.75, 3.05) is 20.3 Å². The zero-order chi connectivity index (χ0) is 17.8. The van der Waals surface area contributed by atoms with E-state index in [0.29, 0.717) is 13.1 Å². The van der Waals surface area contributed by atoms with Crippen molar-refractivity contribution in [3.8, 4) is 0 Å². The number of nitrogens with zero attached hydrogens (tertiary/aromatic N) is 2. The van der Waals surface area contributed by atoms with Crippen LogP contribution in [0.25, 0.3) is 0 Å². The van der Waals surface area contributed by atoms with E-state index in [0.717, 1.165) is 16.9 Å². The second-order valence-corrected chi connectivity index (χ2v) is 6.23. The summed E-state index contributed by atoms with van der Waals surface area (Å²) in [5, 5.41) is 0. The molecule has 132 valence electrons. The molecule has 2 heterocycles. The quantitative estimate of drug-likeness (QED) is 0.833. The summed E-state index contributed by atoms with van der Waals surface area (Å²) < 4.78 is 10.6. The van der Waals surface area contributed by atoms with E-state index in [-0.39, 0.29) is 25.0 Å². The summed E-state index contributed by atoms with van der Waals surface area (Å²) in [7, 11) is 1.73. The van der Waals surface area contributed by atoms with Gasteiger partial charge in [0.25, 0.3) is 0 Å². The van der Waals surface area contributed by atoms with Gasteiger partial charge in [0.2, 0.25) is 11.8 Å². The first-order valence-electron chi connectivity index (χ1n) is 8.25. The Morgan fingerprint density at radius 2 is 2.04 bits per heavy atom. The molecule has 1 aromatic carbocycles. The van der Waals surface area contributed by atoms with E-state index in [2.05, 4.69) is 0 Å². The van der Waals surface area contributed by atoms with E-state index in [4.69, 9.17) is 9.15 Å². The zero-order valence-corrected chi connectivity index (χ0v) is 14.5. The normalized spacial score (nSPS) is 17.6. The van der Waals surface area contributed by atoms with Crippen LogP contribution in [0.1, 0.15) is 16.9 Å². The molecule has 3 rings (SSSR count). The Hall–Kier alpha value is -2.60. The molecule has 2 aromatic rings. The molecular formula is C19H22N2O4. The molecule has 6 nitrogen and oxygen atoms in total. The first-order chi connectivity index (χ1) is 12.1. The van der Waals surface area contributed by atoms with Crippen molar-refractivity contribution in [3.63, 3.8) is 0 Å². The van der Waals surface area contributed by atoms with E-state index in [9.17, 15) is 9.59 Å². The van der Waals surface area contributed by atoms with Gasteiger partial charge in [-0.05, 0) is 18.6 Å². The number of ether oxygens (including phenoxy) is 1. The van der Waals surface area contributed by atoms with Crippen LogP contribution in [0.15, 0.2) is 47.1 Å². The average molecular weight is 342 g/mol. The molecule has 1 fully saturated rings. The highest BCUT2D eigenvalue weighted by Gasteiger charge is 2.35. The summed E-state index contributed by atoms with van der Waals surface area (Å²) in [6.07, 6.45) is 1.61. The topological polar surface area (TPSA) is 63.0 Å². The second kappa shape index (κ2) is 7.53. The fourth-order valence-corrected chi connectivity index (χ4v) is 2.95. The van der Waals surface area contributed by atoms with Crippen LogP contribution >= 0.6 is 0 Å². The number of carbonyl (C=O) groups is 2. The number of likely N-dealkylation sites (N-methyl/N-ethyl adjacent to an activating group) is 1. The van der Waals surface area contributed by atoms with Gasteiger partial charge in [0.15, 0.2) is 0 Å². The van der Waals surface area contributed by atoms with E-state index in [1.165, 1.54) is 0 Å².